The van der Waals surface area contributed by atoms with Crippen LogP contribution in [0.3, 0.4) is 0 Å². The Morgan fingerprint density at radius 3 is 2.67 bits per heavy atom. The van der Waals surface area contributed by atoms with E-state index in [4.69, 9.17) is 0 Å². The number of hydrogen-bond acceptors (Lipinski definition) is 6. The zero-order valence-corrected chi connectivity index (χ0v) is 13.7. The zero-order valence-electron chi connectivity index (χ0n) is 13.7. The van der Waals surface area contributed by atoms with Gasteiger partial charge in [0.2, 0.25) is 11.9 Å². The van der Waals surface area contributed by atoms with E-state index in [0.717, 1.165) is 31.6 Å². The topological polar surface area (TPSA) is 81.8 Å². The first kappa shape index (κ1) is 15.3. The molecule has 2 aliphatic rings. The first-order chi connectivity index (χ1) is 11.7. The van der Waals surface area contributed by atoms with Crippen LogP contribution >= 0.6 is 0 Å². The van der Waals surface area contributed by atoms with Gasteiger partial charge in [-0.25, -0.2) is 0 Å². The van der Waals surface area contributed by atoms with Crippen LogP contribution in [0.2, 0.25) is 0 Å². The second-order valence-electron chi connectivity index (χ2n) is 6.73. The summed E-state index contributed by atoms with van der Waals surface area (Å²) in [6.07, 6.45) is 4.41. The van der Waals surface area contributed by atoms with Crippen LogP contribution in [0.15, 0.2) is 12.1 Å². The van der Waals surface area contributed by atoms with E-state index in [-0.39, 0.29) is 6.04 Å². The minimum atomic E-state index is -0.555. The third-order valence-corrected chi connectivity index (χ3v) is 4.62. The molecule has 4 rings (SSSR count). The number of H-pyrrole nitrogens is 1. The highest BCUT2D eigenvalue weighted by molar-refractivity contribution is 5.53. The minimum Gasteiger partial charge on any atom is -0.351 e. The van der Waals surface area contributed by atoms with Crippen LogP contribution in [0.4, 0.5) is 22.0 Å². The van der Waals surface area contributed by atoms with Gasteiger partial charge in [0.15, 0.2) is 5.82 Å². The lowest BCUT2D eigenvalue weighted by Crippen LogP contribution is -2.37. The van der Waals surface area contributed by atoms with Gasteiger partial charge >= 0.3 is 0 Å². The molecular weight excluding hydrogens is 309 g/mol. The van der Waals surface area contributed by atoms with E-state index in [1.165, 1.54) is 18.9 Å². The van der Waals surface area contributed by atoms with Gasteiger partial charge in [0, 0.05) is 29.8 Å². The molecule has 7 nitrogen and oxygen atoms in total. The van der Waals surface area contributed by atoms with Crippen molar-refractivity contribution in [1.29, 1.82) is 0 Å². The van der Waals surface area contributed by atoms with E-state index in [1.54, 1.807) is 0 Å². The predicted molar refractivity (Wildman–Crippen MR) is 90.0 cm³/mol. The fraction of sp³-hybridized carbons (Fsp3) is 0.562. The lowest BCUT2D eigenvalue weighted by molar-refractivity contribution is 0.263. The van der Waals surface area contributed by atoms with Crippen molar-refractivity contribution in [2.75, 3.05) is 30.8 Å². The molecule has 0 atom stereocenters. The van der Waals surface area contributed by atoms with Crippen molar-refractivity contribution in [2.24, 2.45) is 0 Å². The van der Waals surface area contributed by atoms with Gasteiger partial charge in [-0.05, 0) is 45.8 Å². The van der Waals surface area contributed by atoms with Crippen molar-refractivity contribution in [3.63, 3.8) is 0 Å². The molecule has 1 saturated heterocycles. The normalized spacial score (nSPS) is 19.4. The Morgan fingerprint density at radius 2 is 1.92 bits per heavy atom. The van der Waals surface area contributed by atoms with Crippen LogP contribution in [-0.4, -0.2) is 51.2 Å². The van der Waals surface area contributed by atoms with Crippen molar-refractivity contribution in [3.8, 4) is 0 Å². The van der Waals surface area contributed by atoms with Crippen molar-refractivity contribution in [1.82, 2.24) is 25.1 Å². The largest absolute Gasteiger partial charge is 0.351 e. The third-order valence-electron chi connectivity index (χ3n) is 4.62. The fourth-order valence-electron chi connectivity index (χ4n) is 3.02. The summed E-state index contributed by atoms with van der Waals surface area (Å²) in [6.45, 7) is 2.05. The summed E-state index contributed by atoms with van der Waals surface area (Å²) >= 11 is 0. The highest BCUT2D eigenvalue weighted by Crippen LogP contribution is 2.39. The molecule has 8 heteroatoms. The standard InChI is InChI=1S/C16H22FN7/c1-24-6-4-11(5-7-24)18-16-19-13(17)9-14(21-16)20-15-8-12(22-23-15)10-2-3-10/h8-11H,2-7H2,1H3,(H3,18,19,20,21,22,23). The molecule has 24 heavy (non-hydrogen) atoms. The molecule has 128 valence electrons. The van der Waals surface area contributed by atoms with Crippen molar-refractivity contribution in [3.05, 3.63) is 23.8 Å². The molecule has 1 aliphatic carbocycles. The first-order valence-electron chi connectivity index (χ1n) is 8.48. The molecule has 3 N–H and O–H groups in total. The summed E-state index contributed by atoms with van der Waals surface area (Å²) in [7, 11) is 2.11. The van der Waals surface area contributed by atoms with Crippen LogP contribution in [-0.2, 0) is 0 Å². The summed E-state index contributed by atoms with van der Waals surface area (Å²) in [5, 5.41) is 13.5. The number of rotatable bonds is 5. The number of hydrogen-bond donors (Lipinski definition) is 3. The van der Waals surface area contributed by atoms with Gasteiger partial charge in [-0.3, -0.25) is 5.10 Å². The minimum absolute atomic E-state index is 0.280. The summed E-state index contributed by atoms with van der Waals surface area (Å²) in [4.78, 5) is 10.5. The van der Waals surface area contributed by atoms with E-state index >= 15 is 0 Å². The van der Waals surface area contributed by atoms with Crippen LogP contribution in [0.1, 0.15) is 37.3 Å². The monoisotopic (exact) mass is 331 g/mol. The quantitative estimate of drug-likeness (QED) is 0.730. The molecule has 0 spiro atoms. The number of aromatic nitrogens is 4. The summed E-state index contributed by atoms with van der Waals surface area (Å²) < 4.78 is 13.8. The molecule has 1 aliphatic heterocycles. The number of aromatic amines is 1. The fourth-order valence-corrected chi connectivity index (χ4v) is 3.02. The second kappa shape index (κ2) is 6.35. The molecule has 2 aromatic rings. The van der Waals surface area contributed by atoms with E-state index in [9.17, 15) is 4.39 Å². The Kier molecular flexibility index (Phi) is 4.05. The molecule has 0 amide bonds. The molecule has 3 heterocycles. The Morgan fingerprint density at radius 1 is 1.12 bits per heavy atom. The molecule has 0 aromatic carbocycles. The van der Waals surface area contributed by atoms with Crippen molar-refractivity contribution in [2.45, 2.75) is 37.6 Å². The molecule has 1 saturated carbocycles. The van der Waals surface area contributed by atoms with E-state index in [2.05, 4.69) is 42.7 Å². The maximum Gasteiger partial charge on any atom is 0.227 e. The number of likely N-dealkylation sites (tertiary alicyclic amines) is 1. The average Bonchev–Trinajstić information content (AvgIpc) is 3.29. The molecule has 2 fully saturated rings. The van der Waals surface area contributed by atoms with Crippen LogP contribution in [0.5, 0.6) is 0 Å². The summed E-state index contributed by atoms with van der Waals surface area (Å²) in [5.41, 5.74) is 1.12. The molecule has 2 aromatic heterocycles. The first-order valence-corrected chi connectivity index (χ1v) is 8.48. The lowest BCUT2D eigenvalue weighted by Gasteiger charge is -2.29. The molecule has 0 unspecified atom stereocenters. The maximum atomic E-state index is 13.8. The smallest absolute Gasteiger partial charge is 0.227 e. The SMILES string of the molecule is CN1CCC(Nc2nc(F)cc(Nc3cc(C4CC4)[nH]n3)n2)CC1. The zero-order chi connectivity index (χ0) is 16.5. The van der Waals surface area contributed by atoms with E-state index < -0.39 is 5.95 Å². The molecular formula is C16H22FN7. The Hall–Kier alpha value is -2.22. The predicted octanol–water partition coefficient (Wildman–Crippen LogP) is 2.47. The number of piperidine rings is 1. The number of halogens is 1. The highest BCUT2D eigenvalue weighted by Gasteiger charge is 2.25. The van der Waals surface area contributed by atoms with Gasteiger partial charge in [0.05, 0.1) is 0 Å². The van der Waals surface area contributed by atoms with Gasteiger partial charge in [0.1, 0.15) is 5.82 Å². The Bertz CT molecular complexity index is 704. The average molecular weight is 331 g/mol. The van der Waals surface area contributed by atoms with E-state index in [1.807, 2.05) is 6.07 Å². The van der Waals surface area contributed by atoms with Crippen molar-refractivity contribution >= 4 is 17.6 Å². The summed E-state index contributed by atoms with van der Waals surface area (Å²) in [6, 6.07) is 3.52. The third kappa shape index (κ3) is 3.64. The molecule has 0 bridgehead atoms. The second-order valence-corrected chi connectivity index (χ2v) is 6.73. The molecule has 0 radical (unpaired) electrons. The number of anilines is 3. The lowest BCUT2D eigenvalue weighted by atomic mass is 10.1. The van der Waals surface area contributed by atoms with Crippen LogP contribution in [0.25, 0.3) is 0 Å². The van der Waals surface area contributed by atoms with Gasteiger partial charge in [0.25, 0.3) is 0 Å². The van der Waals surface area contributed by atoms with Gasteiger partial charge in [-0.2, -0.15) is 19.5 Å². The van der Waals surface area contributed by atoms with Gasteiger partial charge < -0.3 is 15.5 Å². The Labute approximate surface area is 140 Å². The van der Waals surface area contributed by atoms with Gasteiger partial charge in [-0.1, -0.05) is 0 Å². The summed E-state index contributed by atoms with van der Waals surface area (Å²) in [5.74, 6) is 1.43. The van der Waals surface area contributed by atoms with Crippen LogP contribution in [0, 0.1) is 5.95 Å². The van der Waals surface area contributed by atoms with Gasteiger partial charge in [-0.15, -0.1) is 0 Å². The number of nitrogens with zero attached hydrogens (tertiary/aromatic N) is 4. The van der Waals surface area contributed by atoms with E-state index in [0.29, 0.717) is 23.5 Å². The number of nitrogens with one attached hydrogen (secondary N) is 3. The maximum absolute atomic E-state index is 13.8. The van der Waals surface area contributed by atoms with Crippen LogP contribution < -0.4 is 10.6 Å². The van der Waals surface area contributed by atoms with Crippen molar-refractivity contribution < 1.29 is 4.39 Å². The highest BCUT2D eigenvalue weighted by atomic mass is 19.1. The Balaban J connectivity index is 1.44.